The van der Waals surface area contributed by atoms with Crippen LogP contribution >= 0.6 is 23.2 Å². The molecule has 108 valence electrons. The Balaban J connectivity index is 1.79. The standard InChI is InChI=1S/C16H13Cl2NO2/c17-13-3-6-15(18)16(11-13)21-10-9-20-14-4-1-12(2-5-14)7-8-19/h1-6,11H,7,9-10H2. The zero-order valence-electron chi connectivity index (χ0n) is 11.2. The number of halogens is 2. The van der Waals surface area contributed by atoms with Gasteiger partial charge in [0.2, 0.25) is 0 Å². The molecular weight excluding hydrogens is 309 g/mol. The Morgan fingerprint density at radius 1 is 0.952 bits per heavy atom. The molecule has 0 heterocycles. The molecule has 0 fully saturated rings. The Hall–Kier alpha value is -1.89. The monoisotopic (exact) mass is 321 g/mol. The quantitative estimate of drug-likeness (QED) is 0.735. The van der Waals surface area contributed by atoms with Gasteiger partial charge in [-0.25, -0.2) is 0 Å². The first kappa shape index (κ1) is 15.5. The van der Waals surface area contributed by atoms with Gasteiger partial charge in [0.1, 0.15) is 24.7 Å². The van der Waals surface area contributed by atoms with E-state index in [-0.39, 0.29) is 0 Å². The van der Waals surface area contributed by atoms with E-state index < -0.39 is 0 Å². The fraction of sp³-hybridized carbons (Fsp3) is 0.188. The number of rotatable bonds is 6. The molecule has 2 rings (SSSR count). The van der Waals surface area contributed by atoms with Crippen LogP contribution in [0.3, 0.4) is 0 Å². The van der Waals surface area contributed by atoms with Gasteiger partial charge in [0, 0.05) is 11.1 Å². The van der Waals surface area contributed by atoms with Gasteiger partial charge >= 0.3 is 0 Å². The highest BCUT2D eigenvalue weighted by atomic mass is 35.5. The van der Waals surface area contributed by atoms with Crippen molar-refractivity contribution in [1.29, 1.82) is 5.26 Å². The molecular formula is C16H13Cl2NO2. The van der Waals surface area contributed by atoms with Crippen LogP contribution in [0.2, 0.25) is 10.0 Å². The zero-order chi connectivity index (χ0) is 15.1. The van der Waals surface area contributed by atoms with Crippen molar-refractivity contribution in [3.8, 4) is 17.6 Å². The average molecular weight is 322 g/mol. The number of benzene rings is 2. The van der Waals surface area contributed by atoms with Crippen molar-refractivity contribution in [1.82, 2.24) is 0 Å². The van der Waals surface area contributed by atoms with Crippen LogP contribution < -0.4 is 9.47 Å². The second-order valence-corrected chi connectivity index (χ2v) is 5.09. The van der Waals surface area contributed by atoms with E-state index in [0.29, 0.717) is 35.4 Å². The van der Waals surface area contributed by atoms with Crippen LogP contribution in [0.1, 0.15) is 5.56 Å². The third-order valence-electron chi connectivity index (χ3n) is 2.71. The normalized spacial score (nSPS) is 9.95. The van der Waals surface area contributed by atoms with E-state index in [4.69, 9.17) is 37.9 Å². The van der Waals surface area contributed by atoms with Crippen molar-refractivity contribution < 1.29 is 9.47 Å². The van der Waals surface area contributed by atoms with E-state index in [1.165, 1.54) is 0 Å². The fourth-order valence-corrected chi connectivity index (χ4v) is 2.03. The molecule has 0 aromatic heterocycles. The smallest absolute Gasteiger partial charge is 0.139 e. The Morgan fingerprint density at radius 2 is 1.67 bits per heavy atom. The number of nitriles is 1. The van der Waals surface area contributed by atoms with Crippen LogP contribution in [-0.2, 0) is 6.42 Å². The Morgan fingerprint density at radius 3 is 2.38 bits per heavy atom. The highest BCUT2D eigenvalue weighted by Gasteiger charge is 2.02. The van der Waals surface area contributed by atoms with Gasteiger partial charge < -0.3 is 9.47 Å². The summed E-state index contributed by atoms with van der Waals surface area (Å²) in [5, 5.41) is 9.68. The lowest BCUT2D eigenvalue weighted by Gasteiger charge is -2.10. The van der Waals surface area contributed by atoms with E-state index in [0.717, 1.165) is 11.3 Å². The first-order chi connectivity index (χ1) is 10.2. The molecule has 0 N–H and O–H groups in total. The molecule has 2 aromatic rings. The molecule has 0 amide bonds. The largest absolute Gasteiger partial charge is 0.490 e. The molecule has 0 saturated carbocycles. The van der Waals surface area contributed by atoms with Crippen molar-refractivity contribution in [2.75, 3.05) is 13.2 Å². The van der Waals surface area contributed by atoms with E-state index in [2.05, 4.69) is 6.07 Å². The SMILES string of the molecule is N#CCc1ccc(OCCOc2cc(Cl)ccc2Cl)cc1. The minimum Gasteiger partial charge on any atom is -0.490 e. The maximum atomic E-state index is 8.59. The lowest BCUT2D eigenvalue weighted by atomic mass is 10.2. The van der Waals surface area contributed by atoms with Gasteiger partial charge in [-0.3, -0.25) is 0 Å². The molecule has 0 spiro atoms. The summed E-state index contributed by atoms with van der Waals surface area (Å²) in [6.45, 7) is 0.750. The molecule has 0 aliphatic rings. The van der Waals surface area contributed by atoms with Crippen LogP contribution in [0.5, 0.6) is 11.5 Å². The highest BCUT2D eigenvalue weighted by Crippen LogP contribution is 2.27. The van der Waals surface area contributed by atoms with Gasteiger partial charge in [0.05, 0.1) is 17.5 Å². The van der Waals surface area contributed by atoms with Crippen molar-refractivity contribution in [2.45, 2.75) is 6.42 Å². The minimum absolute atomic E-state index is 0.361. The van der Waals surface area contributed by atoms with Gasteiger partial charge in [-0.1, -0.05) is 35.3 Å². The summed E-state index contributed by atoms with van der Waals surface area (Å²) in [4.78, 5) is 0. The Labute approximate surface area is 133 Å². The molecule has 0 bridgehead atoms. The molecule has 0 radical (unpaired) electrons. The molecule has 0 aliphatic carbocycles. The van der Waals surface area contributed by atoms with Gasteiger partial charge in [-0.15, -0.1) is 0 Å². The summed E-state index contributed by atoms with van der Waals surface area (Å²) in [5.74, 6) is 1.27. The van der Waals surface area contributed by atoms with Gasteiger partial charge in [-0.05, 0) is 29.8 Å². The minimum atomic E-state index is 0.361. The first-order valence-corrected chi connectivity index (χ1v) is 7.11. The predicted molar refractivity (Wildman–Crippen MR) is 83.2 cm³/mol. The van der Waals surface area contributed by atoms with Crippen molar-refractivity contribution in [3.63, 3.8) is 0 Å². The third-order valence-corrected chi connectivity index (χ3v) is 3.26. The number of nitrogens with zero attached hydrogens (tertiary/aromatic N) is 1. The van der Waals surface area contributed by atoms with E-state index >= 15 is 0 Å². The molecule has 5 heteroatoms. The van der Waals surface area contributed by atoms with Gasteiger partial charge in [0.15, 0.2) is 0 Å². The van der Waals surface area contributed by atoms with E-state index in [9.17, 15) is 0 Å². The third kappa shape index (κ3) is 4.86. The summed E-state index contributed by atoms with van der Waals surface area (Å²) in [5.41, 5.74) is 0.965. The van der Waals surface area contributed by atoms with Crippen LogP contribution in [-0.4, -0.2) is 13.2 Å². The second-order valence-electron chi connectivity index (χ2n) is 4.25. The number of ether oxygens (including phenoxy) is 2. The summed E-state index contributed by atoms with van der Waals surface area (Å²) in [6, 6.07) is 14.6. The molecule has 0 aliphatic heterocycles. The van der Waals surface area contributed by atoms with Crippen LogP contribution in [0.15, 0.2) is 42.5 Å². The highest BCUT2D eigenvalue weighted by molar-refractivity contribution is 6.34. The molecule has 0 saturated heterocycles. The van der Waals surface area contributed by atoms with Gasteiger partial charge in [0.25, 0.3) is 0 Å². The van der Waals surface area contributed by atoms with Crippen molar-refractivity contribution in [3.05, 3.63) is 58.1 Å². The topological polar surface area (TPSA) is 42.2 Å². The molecule has 0 unspecified atom stereocenters. The van der Waals surface area contributed by atoms with E-state index in [1.54, 1.807) is 18.2 Å². The van der Waals surface area contributed by atoms with Crippen LogP contribution in [0, 0.1) is 11.3 Å². The molecule has 21 heavy (non-hydrogen) atoms. The maximum Gasteiger partial charge on any atom is 0.139 e. The maximum absolute atomic E-state index is 8.59. The van der Waals surface area contributed by atoms with Crippen LogP contribution in [0.25, 0.3) is 0 Å². The average Bonchev–Trinajstić information content (AvgIpc) is 2.49. The fourth-order valence-electron chi connectivity index (χ4n) is 1.69. The predicted octanol–water partition coefficient (Wildman–Crippen LogP) is 4.52. The van der Waals surface area contributed by atoms with E-state index in [1.807, 2.05) is 24.3 Å². The summed E-state index contributed by atoms with van der Waals surface area (Å²) in [7, 11) is 0. The molecule has 3 nitrogen and oxygen atoms in total. The number of hydrogen-bond acceptors (Lipinski definition) is 3. The van der Waals surface area contributed by atoms with Crippen molar-refractivity contribution in [2.24, 2.45) is 0 Å². The van der Waals surface area contributed by atoms with Crippen molar-refractivity contribution >= 4 is 23.2 Å². The van der Waals surface area contributed by atoms with Gasteiger partial charge in [-0.2, -0.15) is 5.26 Å². The summed E-state index contributed by atoms with van der Waals surface area (Å²) >= 11 is 11.9. The Kier molecular flexibility index (Phi) is 5.74. The van der Waals surface area contributed by atoms with Crippen LogP contribution in [0.4, 0.5) is 0 Å². The lowest BCUT2D eigenvalue weighted by Crippen LogP contribution is -2.09. The molecule has 2 aromatic carbocycles. The molecule has 0 atom stereocenters. The lowest BCUT2D eigenvalue weighted by molar-refractivity contribution is 0.217. The Bertz CT molecular complexity index is 636. The summed E-state index contributed by atoms with van der Waals surface area (Å²) in [6.07, 6.45) is 0.399. The second kappa shape index (κ2) is 7.78. The zero-order valence-corrected chi connectivity index (χ0v) is 12.7. The number of hydrogen-bond donors (Lipinski definition) is 0. The first-order valence-electron chi connectivity index (χ1n) is 6.35. The summed E-state index contributed by atoms with van der Waals surface area (Å²) < 4.78 is 11.1.